The van der Waals surface area contributed by atoms with E-state index >= 15 is 0 Å². The Hall–Kier alpha value is -7.50. The molecule has 17 nitrogen and oxygen atoms in total. The Morgan fingerprint density at radius 1 is 0.827 bits per heavy atom. The molecule has 1 aromatic heterocycles. The fourth-order valence-corrected chi connectivity index (χ4v) is 7.79. The van der Waals surface area contributed by atoms with Gasteiger partial charge in [-0.15, -0.1) is 0 Å². The molecule has 23 heteroatoms. The number of likely N-dealkylation sites (tertiary alicyclic amines) is 1. The quantitative estimate of drug-likeness (QED) is 0.0297. The lowest BCUT2D eigenvalue weighted by atomic mass is 10.0. The summed E-state index contributed by atoms with van der Waals surface area (Å²) < 4.78 is 69.2. The highest BCUT2D eigenvalue weighted by molar-refractivity contribution is 5.91. The molecule has 2 heterocycles. The minimum atomic E-state index is -5.08. The molecule has 0 aliphatic carbocycles. The van der Waals surface area contributed by atoms with Crippen LogP contribution in [0.4, 0.5) is 36.8 Å². The summed E-state index contributed by atoms with van der Waals surface area (Å²) >= 11 is 0. The van der Waals surface area contributed by atoms with Gasteiger partial charge in [0.25, 0.3) is 0 Å². The minimum Gasteiger partial charge on any atom is -0.506 e. The molecule has 1 aliphatic heterocycles. The second kappa shape index (κ2) is 28.8. The van der Waals surface area contributed by atoms with Crippen molar-refractivity contribution in [2.24, 2.45) is 0 Å². The molecule has 1 saturated heterocycles. The summed E-state index contributed by atoms with van der Waals surface area (Å²) in [7, 11) is 1.82. The Labute approximate surface area is 427 Å². The molecule has 75 heavy (non-hydrogen) atoms. The number of H-pyrrole nitrogens is 1. The van der Waals surface area contributed by atoms with Crippen molar-refractivity contribution in [1.29, 1.82) is 0 Å². The first-order valence-corrected chi connectivity index (χ1v) is 23.7. The highest BCUT2D eigenvalue weighted by atomic mass is 19.4. The number of aromatic amines is 1. The normalized spacial score (nSPS) is 13.7. The lowest BCUT2D eigenvalue weighted by Gasteiger charge is -2.31. The van der Waals surface area contributed by atoms with E-state index in [0.29, 0.717) is 67.5 Å². The number of hydrogen-bond donors (Lipinski definition) is 8. The van der Waals surface area contributed by atoms with Crippen LogP contribution in [0.15, 0.2) is 108 Å². The van der Waals surface area contributed by atoms with E-state index in [4.69, 9.17) is 24.5 Å². The van der Waals surface area contributed by atoms with Crippen LogP contribution in [0.2, 0.25) is 0 Å². The number of amides is 3. The van der Waals surface area contributed by atoms with Gasteiger partial charge in [-0.1, -0.05) is 78.9 Å². The number of phenols is 1. The van der Waals surface area contributed by atoms with Crippen molar-refractivity contribution >= 4 is 46.4 Å². The Morgan fingerprint density at radius 3 is 2.11 bits per heavy atom. The number of fused-ring (bicyclic) bond motifs is 1. The van der Waals surface area contributed by atoms with Crippen molar-refractivity contribution in [3.05, 3.63) is 130 Å². The van der Waals surface area contributed by atoms with Gasteiger partial charge in [0, 0.05) is 75.8 Å². The lowest BCUT2D eigenvalue weighted by molar-refractivity contribution is -0.193. The smallest absolute Gasteiger partial charge is 0.490 e. The number of carboxylic acids is 2. The Morgan fingerprint density at radius 2 is 1.45 bits per heavy atom. The van der Waals surface area contributed by atoms with Crippen LogP contribution in [0.3, 0.4) is 0 Å². The SMILES string of the molecule is CC(Cc1cccc(CC(=O)NCCCCN(C)C(=O)CCN2CCC(OC(=O)Nc3ccccc3-c3ccccc3)CC2)c1)NC[C@H](O)c1ccc(O)c2[nH]c(=O)ccc12.O=C(O)C(F)(F)F.O=C(O)C(F)(F)F. The van der Waals surface area contributed by atoms with Crippen LogP contribution in [0, 0.1) is 0 Å². The van der Waals surface area contributed by atoms with Crippen LogP contribution >= 0.6 is 0 Å². The third-order valence-corrected chi connectivity index (χ3v) is 11.7. The average Bonchev–Trinajstić information content (AvgIpc) is 3.35. The molecular weight excluding hydrogens is 999 g/mol. The van der Waals surface area contributed by atoms with Crippen molar-refractivity contribution in [2.75, 3.05) is 51.6 Å². The fraction of sp³-hybridized carbons (Fsp3) is 0.385. The van der Waals surface area contributed by atoms with Gasteiger partial charge in [-0.25, -0.2) is 14.4 Å². The Bertz CT molecular complexity index is 2710. The highest BCUT2D eigenvalue weighted by Crippen LogP contribution is 2.30. The number of aromatic nitrogens is 1. The van der Waals surface area contributed by atoms with Crippen LogP contribution in [-0.2, 0) is 36.8 Å². The molecule has 0 radical (unpaired) electrons. The number of rotatable bonds is 19. The third-order valence-electron chi connectivity index (χ3n) is 11.7. The number of halogens is 6. The number of anilines is 1. The molecule has 5 aromatic rings. The lowest BCUT2D eigenvalue weighted by Crippen LogP contribution is -2.40. The maximum absolute atomic E-state index is 12.9. The zero-order valence-electron chi connectivity index (χ0n) is 41.0. The van der Waals surface area contributed by atoms with E-state index in [2.05, 4.69) is 25.8 Å². The Balaban J connectivity index is 0.000000763. The van der Waals surface area contributed by atoms with Crippen molar-refractivity contribution < 1.29 is 75.5 Å². The van der Waals surface area contributed by atoms with Gasteiger partial charge < -0.3 is 50.6 Å². The number of unbranched alkanes of at least 4 members (excludes halogenated alkanes) is 1. The van der Waals surface area contributed by atoms with Crippen LogP contribution in [-0.4, -0.2) is 136 Å². The monoisotopic (exact) mass is 1060 g/mol. The molecule has 1 unspecified atom stereocenters. The third kappa shape index (κ3) is 20.7. The van der Waals surface area contributed by atoms with Crippen LogP contribution in [0.1, 0.15) is 61.8 Å². The van der Waals surface area contributed by atoms with Gasteiger partial charge in [-0.05, 0) is 79.5 Å². The predicted molar refractivity (Wildman–Crippen MR) is 266 cm³/mol. The summed E-state index contributed by atoms with van der Waals surface area (Å²) in [5.74, 6) is -5.53. The summed E-state index contributed by atoms with van der Waals surface area (Å²) in [5.41, 5.74) is 5.22. The summed E-state index contributed by atoms with van der Waals surface area (Å²) in [6.45, 7) is 5.63. The summed E-state index contributed by atoms with van der Waals surface area (Å²) in [5, 5.41) is 45.2. The number of carbonyl (C=O) groups is 5. The molecule has 1 fully saturated rings. The molecule has 3 amide bonds. The van der Waals surface area contributed by atoms with E-state index in [-0.39, 0.29) is 48.2 Å². The predicted octanol–water partition coefficient (Wildman–Crippen LogP) is 7.42. The second-order valence-corrected chi connectivity index (χ2v) is 17.5. The number of aliphatic hydroxyl groups excluding tert-OH is 1. The number of aromatic hydroxyl groups is 1. The molecule has 8 N–H and O–H groups in total. The number of ether oxygens (including phenoxy) is 1. The van der Waals surface area contributed by atoms with Crippen LogP contribution in [0.5, 0.6) is 5.75 Å². The molecule has 0 saturated carbocycles. The number of para-hydroxylation sites is 1. The zero-order chi connectivity index (χ0) is 55.3. The fourth-order valence-electron chi connectivity index (χ4n) is 7.79. The van der Waals surface area contributed by atoms with E-state index in [0.717, 1.165) is 48.2 Å². The number of benzene rings is 4. The van der Waals surface area contributed by atoms with Gasteiger partial charge in [0.05, 0.1) is 23.7 Å². The van der Waals surface area contributed by atoms with E-state index in [9.17, 15) is 55.7 Å². The topological polar surface area (TPSA) is 251 Å². The maximum Gasteiger partial charge on any atom is 0.490 e. The molecule has 406 valence electrons. The van der Waals surface area contributed by atoms with Crippen molar-refractivity contribution in [3.63, 3.8) is 0 Å². The molecule has 1 aliphatic rings. The second-order valence-electron chi connectivity index (χ2n) is 17.5. The number of nitrogens with one attached hydrogen (secondary N) is 4. The molecule has 2 atom stereocenters. The largest absolute Gasteiger partial charge is 0.506 e. The number of alkyl halides is 6. The van der Waals surface area contributed by atoms with Gasteiger partial charge in [-0.2, -0.15) is 26.3 Å². The number of nitrogens with zero attached hydrogens (tertiary/aromatic N) is 2. The van der Waals surface area contributed by atoms with Gasteiger partial charge in [0.15, 0.2) is 0 Å². The van der Waals surface area contributed by atoms with Gasteiger partial charge in [0.1, 0.15) is 11.9 Å². The highest BCUT2D eigenvalue weighted by Gasteiger charge is 2.39. The summed E-state index contributed by atoms with van der Waals surface area (Å²) in [6, 6.07) is 31.6. The molecule has 0 bridgehead atoms. The summed E-state index contributed by atoms with van der Waals surface area (Å²) in [4.78, 5) is 74.6. The van der Waals surface area contributed by atoms with E-state index < -0.39 is 36.5 Å². The first-order valence-electron chi connectivity index (χ1n) is 23.7. The van der Waals surface area contributed by atoms with Gasteiger partial charge >= 0.3 is 30.4 Å². The number of carbonyl (C=O) groups excluding carboxylic acids is 3. The van der Waals surface area contributed by atoms with Crippen molar-refractivity contribution in [2.45, 2.75) is 82.5 Å². The molecule has 6 rings (SSSR count). The number of aliphatic carboxylic acids is 2. The number of pyridine rings is 1. The Kier molecular flexibility index (Phi) is 23.1. The van der Waals surface area contributed by atoms with Crippen LogP contribution in [0.25, 0.3) is 22.0 Å². The first kappa shape index (κ1) is 60.1. The molecule has 4 aromatic carbocycles. The number of carboxylic acid groups (broad SMARTS) is 2. The van der Waals surface area contributed by atoms with Crippen molar-refractivity contribution in [1.82, 2.24) is 25.4 Å². The summed E-state index contributed by atoms with van der Waals surface area (Å²) in [6.07, 6.45) is -7.31. The number of hydrogen-bond acceptors (Lipinski definition) is 11. The van der Waals surface area contributed by atoms with Gasteiger partial charge in [0.2, 0.25) is 17.4 Å². The number of piperidine rings is 1. The zero-order valence-corrected chi connectivity index (χ0v) is 41.0. The number of phenolic OH excluding ortho intramolecular Hbond substituents is 1. The van der Waals surface area contributed by atoms with Gasteiger partial charge in [-0.3, -0.25) is 19.7 Å². The molecule has 0 spiro atoms. The maximum atomic E-state index is 12.9. The standard InChI is InChI=1S/C48H58N6O7.2C2HF3O2/c1-33(50-32-43(56)39-17-19-42(55)47-40(39)18-20-44(57)52-47)29-34-11-10-12-35(30-34)31-45(58)49-24-8-9-25-53(2)46(59)23-28-54-26-21-37(22-27-54)61-48(60)51-41-16-7-6-15-38(41)36-13-4-3-5-14-36;2*3-2(4,5)1(6)7/h3-7,10-20,30,33,37,43,50,55-56H,8-9,21-29,31-32H2,1-2H3,(H,49,58)(H,51,60)(H,52,57);2*(H,6,7)/t33?,43-;;/m0../s1. The molecular formula is C52H60F6N6O11. The van der Waals surface area contributed by atoms with E-state index in [1.54, 1.807) is 17.0 Å². The first-order chi connectivity index (χ1) is 35.4. The van der Waals surface area contributed by atoms with Crippen LogP contribution < -0.4 is 21.5 Å². The average molecular weight is 1060 g/mol. The van der Waals surface area contributed by atoms with Crippen molar-refractivity contribution in [3.8, 4) is 16.9 Å². The van der Waals surface area contributed by atoms with E-state index in [1.807, 2.05) is 92.8 Å². The minimum absolute atomic E-state index is 0.0291. The van der Waals surface area contributed by atoms with E-state index in [1.165, 1.54) is 12.1 Å². The number of aliphatic hydroxyl groups is 1.